The molecule has 0 aliphatic carbocycles. The minimum Gasteiger partial charge on any atom is -0.462 e. The quantitative estimate of drug-likeness (QED) is 0.491. The second-order valence-electron chi connectivity index (χ2n) is 3.70. The van der Waals surface area contributed by atoms with Crippen molar-refractivity contribution in [1.29, 1.82) is 0 Å². The fourth-order valence-electron chi connectivity index (χ4n) is 1.31. The summed E-state index contributed by atoms with van der Waals surface area (Å²) < 4.78 is 31.2. The number of hydrogen-bond acceptors (Lipinski definition) is 3. The maximum Gasteiger partial charge on any atom is 0.341 e. The number of benzene rings is 1. The molecule has 5 heteroatoms. The molecule has 0 radical (unpaired) electrons. The third-order valence-electron chi connectivity index (χ3n) is 2.29. The van der Waals surface area contributed by atoms with E-state index in [-0.39, 0.29) is 12.3 Å². The van der Waals surface area contributed by atoms with Crippen molar-refractivity contribution >= 4 is 11.7 Å². The van der Waals surface area contributed by atoms with Gasteiger partial charge in [0.15, 0.2) is 0 Å². The van der Waals surface area contributed by atoms with Crippen LogP contribution in [0.4, 0.5) is 14.5 Å². The molecule has 0 aliphatic heterocycles. The van der Waals surface area contributed by atoms with Gasteiger partial charge in [0.05, 0.1) is 17.9 Å². The average Bonchev–Trinajstić information content (AvgIpc) is 2.29. The smallest absolute Gasteiger partial charge is 0.341 e. The van der Waals surface area contributed by atoms with Gasteiger partial charge in [0, 0.05) is 6.07 Å². The first-order chi connectivity index (χ1) is 8.06. The Morgan fingerprint density at radius 2 is 2.00 bits per heavy atom. The van der Waals surface area contributed by atoms with E-state index < -0.39 is 23.2 Å². The molecule has 1 aromatic carbocycles. The Morgan fingerprint density at radius 1 is 1.29 bits per heavy atom. The monoisotopic (exact) mass is 243 g/mol. The van der Waals surface area contributed by atoms with Gasteiger partial charge < -0.3 is 10.5 Å². The van der Waals surface area contributed by atoms with E-state index in [2.05, 4.69) is 0 Å². The highest BCUT2D eigenvalue weighted by Crippen LogP contribution is 2.17. The average molecular weight is 243 g/mol. The van der Waals surface area contributed by atoms with Gasteiger partial charge in [-0.25, -0.2) is 13.6 Å². The number of rotatable bonds is 5. The van der Waals surface area contributed by atoms with Crippen LogP contribution in [0.5, 0.6) is 0 Å². The van der Waals surface area contributed by atoms with Gasteiger partial charge in [0.1, 0.15) is 11.6 Å². The standard InChI is InChI=1S/C12H15F2NO2/c1-2-3-4-5-17-12(16)8-6-10(14)11(15)7-9(8)13/h6-7H,2-5,15H2,1H3. The van der Waals surface area contributed by atoms with Crippen LogP contribution < -0.4 is 5.73 Å². The molecule has 2 N–H and O–H groups in total. The number of anilines is 1. The molecule has 94 valence electrons. The van der Waals surface area contributed by atoms with E-state index >= 15 is 0 Å². The molecular weight excluding hydrogens is 228 g/mol. The van der Waals surface area contributed by atoms with E-state index in [1.54, 1.807) is 0 Å². The maximum atomic E-state index is 13.3. The normalized spacial score (nSPS) is 10.3. The lowest BCUT2D eigenvalue weighted by atomic mass is 10.2. The highest BCUT2D eigenvalue weighted by atomic mass is 19.1. The minimum atomic E-state index is -0.871. The van der Waals surface area contributed by atoms with Gasteiger partial charge in [0.25, 0.3) is 0 Å². The summed E-state index contributed by atoms with van der Waals surface area (Å²) in [4.78, 5) is 11.4. The largest absolute Gasteiger partial charge is 0.462 e. The number of esters is 1. The molecule has 0 heterocycles. The highest BCUT2D eigenvalue weighted by molar-refractivity contribution is 5.90. The Bertz CT molecular complexity index is 408. The minimum absolute atomic E-state index is 0.206. The molecule has 0 aliphatic rings. The van der Waals surface area contributed by atoms with Crippen molar-refractivity contribution in [2.45, 2.75) is 26.2 Å². The lowest BCUT2D eigenvalue weighted by molar-refractivity contribution is 0.0492. The second-order valence-corrected chi connectivity index (χ2v) is 3.70. The molecule has 1 aromatic rings. The summed E-state index contributed by atoms with van der Waals surface area (Å²) >= 11 is 0. The summed E-state index contributed by atoms with van der Waals surface area (Å²) in [5.74, 6) is -2.56. The van der Waals surface area contributed by atoms with Crippen molar-refractivity contribution in [3.05, 3.63) is 29.3 Å². The zero-order chi connectivity index (χ0) is 12.8. The Kier molecular flexibility index (Phi) is 4.87. The Balaban J connectivity index is 2.66. The molecule has 0 spiro atoms. The number of hydrogen-bond donors (Lipinski definition) is 1. The lowest BCUT2D eigenvalue weighted by Crippen LogP contribution is -2.10. The van der Waals surface area contributed by atoms with E-state index in [1.165, 1.54) is 0 Å². The van der Waals surface area contributed by atoms with Crippen LogP contribution in [0.25, 0.3) is 0 Å². The van der Waals surface area contributed by atoms with Gasteiger partial charge in [0.2, 0.25) is 0 Å². The summed E-state index contributed by atoms with van der Waals surface area (Å²) in [6.45, 7) is 2.22. The lowest BCUT2D eigenvalue weighted by Gasteiger charge is -2.06. The van der Waals surface area contributed by atoms with Crippen LogP contribution >= 0.6 is 0 Å². The second kappa shape index (κ2) is 6.18. The number of nitrogens with two attached hydrogens (primary N) is 1. The predicted octanol–water partition coefficient (Wildman–Crippen LogP) is 2.89. The van der Waals surface area contributed by atoms with Gasteiger partial charge in [-0.05, 0) is 12.5 Å². The third-order valence-corrected chi connectivity index (χ3v) is 2.29. The van der Waals surface area contributed by atoms with E-state index in [0.29, 0.717) is 6.42 Å². The SMILES string of the molecule is CCCCCOC(=O)c1cc(F)c(N)cc1F. The van der Waals surface area contributed by atoms with Gasteiger partial charge in [-0.3, -0.25) is 0 Å². The fourth-order valence-corrected chi connectivity index (χ4v) is 1.31. The van der Waals surface area contributed by atoms with Crippen LogP contribution in [-0.4, -0.2) is 12.6 Å². The number of carbonyl (C=O) groups is 1. The molecule has 3 nitrogen and oxygen atoms in total. The number of nitrogen functional groups attached to an aromatic ring is 1. The maximum absolute atomic E-state index is 13.3. The third kappa shape index (κ3) is 3.69. The van der Waals surface area contributed by atoms with Gasteiger partial charge in [-0.2, -0.15) is 0 Å². The van der Waals surface area contributed by atoms with Crippen molar-refractivity contribution in [1.82, 2.24) is 0 Å². The van der Waals surface area contributed by atoms with Crippen molar-refractivity contribution in [2.75, 3.05) is 12.3 Å². The molecule has 17 heavy (non-hydrogen) atoms. The van der Waals surface area contributed by atoms with Crippen molar-refractivity contribution in [3.63, 3.8) is 0 Å². The number of unbranched alkanes of at least 4 members (excludes halogenated alkanes) is 2. The first kappa shape index (κ1) is 13.4. The molecule has 0 fully saturated rings. The van der Waals surface area contributed by atoms with Crippen molar-refractivity contribution in [3.8, 4) is 0 Å². The highest BCUT2D eigenvalue weighted by Gasteiger charge is 2.16. The van der Waals surface area contributed by atoms with E-state index in [9.17, 15) is 13.6 Å². The molecule has 0 aromatic heterocycles. The fraction of sp³-hybridized carbons (Fsp3) is 0.417. The first-order valence-corrected chi connectivity index (χ1v) is 5.48. The Labute approximate surface area is 98.6 Å². The topological polar surface area (TPSA) is 52.3 Å². The first-order valence-electron chi connectivity index (χ1n) is 5.48. The molecular formula is C12H15F2NO2. The van der Waals surface area contributed by atoms with E-state index in [1.807, 2.05) is 6.92 Å². The van der Waals surface area contributed by atoms with E-state index in [0.717, 1.165) is 25.0 Å². The van der Waals surface area contributed by atoms with Gasteiger partial charge in [-0.15, -0.1) is 0 Å². The molecule has 0 bridgehead atoms. The van der Waals surface area contributed by atoms with Crippen LogP contribution in [-0.2, 0) is 4.74 Å². The Morgan fingerprint density at radius 3 is 2.65 bits per heavy atom. The molecule has 0 amide bonds. The van der Waals surface area contributed by atoms with Crippen molar-refractivity contribution in [2.24, 2.45) is 0 Å². The van der Waals surface area contributed by atoms with Crippen LogP contribution in [0.2, 0.25) is 0 Å². The van der Waals surface area contributed by atoms with Crippen LogP contribution in [0, 0.1) is 11.6 Å². The molecule has 0 atom stereocenters. The Hall–Kier alpha value is -1.65. The van der Waals surface area contributed by atoms with Crippen molar-refractivity contribution < 1.29 is 18.3 Å². The van der Waals surface area contributed by atoms with Crippen LogP contribution in [0.15, 0.2) is 12.1 Å². The summed E-state index contributed by atoms with van der Waals surface area (Å²) in [6.07, 6.45) is 2.62. The number of halogens is 2. The number of carbonyl (C=O) groups excluding carboxylic acids is 1. The summed E-state index contributed by atoms with van der Waals surface area (Å²) in [5, 5.41) is 0. The van der Waals surface area contributed by atoms with Gasteiger partial charge in [-0.1, -0.05) is 19.8 Å². The summed E-state index contributed by atoms with van der Waals surface area (Å²) in [5.41, 5.74) is 4.41. The zero-order valence-corrected chi connectivity index (χ0v) is 9.63. The van der Waals surface area contributed by atoms with Crippen LogP contribution in [0.3, 0.4) is 0 Å². The molecule has 0 saturated carbocycles. The number of ether oxygens (including phenoxy) is 1. The summed E-state index contributed by atoms with van der Waals surface area (Å²) in [6, 6.07) is 1.53. The molecule has 0 unspecified atom stereocenters. The van der Waals surface area contributed by atoms with E-state index in [4.69, 9.17) is 10.5 Å². The van der Waals surface area contributed by atoms with Crippen LogP contribution in [0.1, 0.15) is 36.5 Å². The molecule has 0 saturated heterocycles. The van der Waals surface area contributed by atoms with Gasteiger partial charge >= 0.3 is 5.97 Å². The summed E-state index contributed by atoms with van der Waals surface area (Å²) in [7, 11) is 0. The molecule has 1 rings (SSSR count). The predicted molar refractivity (Wildman–Crippen MR) is 60.6 cm³/mol. The zero-order valence-electron chi connectivity index (χ0n) is 9.63.